The van der Waals surface area contributed by atoms with E-state index in [0.29, 0.717) is 13.1 Å². The standard InChI is InChI=1S/C19H32N6OS/c1-3-9-25-17(15-20-18(26)16-8-4-5-10-23(16)2)21-22-19(25)27-14-13-24-11-6-7-12-24/h3,16H,1,4-15H2,2H3,(H,20,26). The first kappa shape index (κ1) is 20.4. The van der Waals surface area contributed by atoms with Gasteiger partial charge in [-0.3, -0.25) is 9.69 Å². The van der Waals surface area contributed by atoms with Gasteiger partial charge in [-0.15, -0.1) is 16.8 Å². The van der Waals surface area contributed by atoms with Crippen LogP contribution in [0.15, 0.2) is 17.8 Å². The number of carbonyl (C=O) groups is 1. The number of nitrogens with one attached hydrogen (secondary N) is 1. The Kier molecular flexibility index (Phi) is 7.72. The van der Waals surface area contributed by atoms with Crippen molar-refractivity contribution in [2.75, 3.05) is 39.0 Å². The van der Waals surface area contributed by atoms with Crippen molar-refractivity contribution in [3.8, 4) is 0 Å². The van der Waals surface area contributed by atoms with Crippen LogP contribution in [0.5, 0.6) is 0 Å². The topological polar surface area (TPSA) is 66.3 Å². The van der Waals surface area contributed by atoms with E-state index in [-0.39, 0.29) is 11.9 Å². The molecule has 2 aliphatic heterocycles. The van der Waals surface area contributed by atoms with Crippen molar-refractivity contribution in [2.45, 2.75) is 56.4 Å². The van der Waals surface area contributed by atoms with Crippen LogP contribution in [-0.4, -0.2) is 75.5 Å². The molecule has 2 aliphatic rings. The maximum absolute atomic E-state index is 12.5. The molecule has 8 heteroatoms. The van der Waals surface area contributed by atoms with Crippen LogP contribution in [0.1, 0.15) is 37.9 Å². The van der Waals surface area contributed by atoms with Crippen LogP contribution >= 0.6 is 11.8 Å². The van der Waals surface area contributed by atoms with Crippen LogP contribution < -0.4 is 5.32 Å². The fourth-order valence-corrected chi connectivity index (χ4v) is 4.80. The number of nitrogens with zero attached hydrogens (tertiary/aromatic N) is 5. The zero-order valence-corrected chi connectivity index (χ0v) is 17.2. The highest BCUT2D eigenvalue weighted by atomic mass is 32.2. The number of rotatable bonds is 9. The Morgan fingerprint density at radius 3 is 2.78 bits per heavy atom. The molecule has 1 amide bonds. The van der Waals surface area contributed by atoms with Crippen molar-refractivity contribution >= 4 is 17.7 Å². The minimum atomic E-state index is -0.0242. The maximum atomic E-state index is 12.5. The molecule has 0 spiro atoms. The predicted octanol–water partition coefficient (Wildman–Crippen LogP) is 1.75. The number of piperidine rings is 1. The second-order valence-corrected chi connectivity index (χ2v) is 8.47. The first-order valence-corrected chi connectivity index (χ1v) is 11.0. The second kappa shape index (κ2) is 10.2. The summed E-state index contributed by atoms with van der Waals surface area (Å²) in [6.07, 6.45) is 7.71. The van der Waals surface area contributed by atoms with Crippen LogP contribution in [-0.2, 0) is 17.9 Å². The molecule has 3 heterocycles. The number of allylic oxidation sites excluding steroid dienone is 1. The number of hydrogen-bond donors (Lipinski definition) is 1. The van der Waals surface area contributed by atoms with Gasteiger partial charge in [-0.25, -0.2) is 0 Å². The van der Waals surface area contributed by atoms with E-state index >= 15 is 0 Å². The molecule has 7 nitrogen and oxygen atoms in total. The Morgan fingerprint density at radius 1 is 1.26 bits per heavy atom. The van der Waals surface area contributed by atoms with E-state index in [1.54, 1.807) is 11.8 Å². The van der Waals surface area contributed by atoms with Crippen molar-refractivity contribution in [3.63, 3.8) is 0 Å². The SMILES string of the molecule is C=CCn1c(CNC(=O)C2CCCCN2C)nnc1SCCN1CCCC1. The lowest BCUT2D eigenvalue weighted by Gasteiger charge is -2.31. The number of likely N-dealkylation sites (tertiary alicyclic amines) is 2. The van der Waals surface area contributed by atoms with Crippen LogP contribution in [0.25, 0.3) is 0 Å². The summed E-state index contributed by atoms with van der Waals surface area (Å²) >= 11 is 1.74. The number of hydrogen-bond acceptors (Lipinski definition) is 6. The molecule has 0 bridgehead atoms. The molecule has 1 unspecified atom stereocenters. The minimum Gasteiger partial charge on any atom is -0.347 e. The molecular weight excluding hydrogens is 360 g/mol. The lowest BCUT2D eigenvalue weighted by atomic mass is 10.0. The van der Waals surface area contributed by atoms with E-state index in [1.807, 2.05) is 13.1 Å². The molecule has 1 N–H and O–H groups in total. The fraction of sp³-hybridized carbons (Fsp3) is 0.737. The summed E-state index contributed by atoms with van der Waals surface area (Å²) in [6, 6.07) is -0.0242. The van der Waals surface area contributed by atoms with Crippen molar-refractivity contribution in [1.82, 2.24) is 29.9 Å². The van der Waals surface area contributed by atoms with Gasteiger partial charge in [0.15, 0.2) is 11.0 Å². The van der Waals surface area contributed by atoms with Gasteiger partial charge in [0, 0.05) is 18.8 Å². The fourth-order valence-electron chi connectivity index (χ4n) is 3.83. The summed E-state index contributed by atoms with van der Waals surface area (Å²) in [5.74, 6) is 1.90. The third-order valence-electron chi connectivity index (χ3n) is 5.44. The van der Waals surface area contributed by atoms with Gasteiger partial charge in [-0.2, -0.15) is 0 Å². The van der Waals surface area contributed by atoms with E-state index < -0.39 is 0 Å². The second-order valence-electron chi connectivity index (χ2n) is 7.41. The zero-order chi connectivity index (χ0) is 19.1. The quantitative estimate of drug-likeness (QED) is 0.510. The molecule has 0 saturated carbocycles. The normalized spacial score (nSPS) is 21.4. The molecule has 1 atom stereocenters. The molecule has 0 aromatic carbocycles. The lowest BCUT2D eigenvalue weighted by molar-refractivity contribution is -0.127. The summed E-state index contributed by atoms with van der Waals surface area (Å²) < 4.78 is 2.06. The molecule has 0 aliphatic carbocycles. The Balaban J connectivity index is 1.53. The number of amides is 1. The van der Waals surface area contributed by atoms with Crippen LogP contribution in [0.4, 0.5) is 0 Å². The van der Waals surface area contributed by atoms with Gasteiger partial charge in [-0.1, -0.05) is 24.3 Å². The first-order valence-electron chi connectivity index (χ1n) is 10.0. The van der Waals surface area contributed by atoms with Crippen molar-refractivity contribution in [2.24, 2.45) is 0 Å². The van der Waals surface area contributed by atoms with Gasteiger partial charge in [0.1, 0.15) is 0 Å². The van der Waals surface area contributed by atoms with E-state index in [0.717, 1.165) is 42.7 Å². The molecule has 2 saturated heterocycles. The number of aromatic nitrogens is 3. The summed E-state index contributed by atoms with van der Waals surface area (Å²) in [5.41, 5.74) is 0. The van der Waals surface area contributed by atoms with Gasteiger partial charge in [0.05, 0.1) is 12.6 Å². The Hall–Kier alpha value is -1.38. The van der Waals surface area contributed by atoms with Gasteiger partial charge in [0.2, 0.25) is 5.91 Å². The molecular formula is C19H32N6OS. The van der Waals surface area contributed by atoms with Crippen LogP contribution in [0.2, 0.25) is 0 Å². The van der Waals surface area contributed by atoms with Gasteiger partial charge in [0.25, 0.3) is 0 Å². The van der Waals surface area contributed by atoms with Gasteiger partial charge < -0.3 is 14.8 Å². The Bertz CT molecular complexity index is 628. The van der Waals surface area contributed by atoms with Crippen molar-refractivity contribution in [3.05, 3.63) is 18.5 Å². The highest BCUT2D eigenvalue weighted by Crippen LogP contribution is 2.19. The van der Waals surface area contributed by atoms with E-state index in [1.165, 1.54) is 32.4 Å². The van der Waals surface area contributed by atoms with E-state index in [4.69, 9.17) is 0 Å². The molecule has 150 valence electrons. The number of thioether (sulfide) groups is 1. The molecule has 0 radical (unpaired) electrons. The highest BCUT2D eigenvalue weighted by Gasteiger charge is 2.26. The average Bonchev–Trinajstić information content (AvgIpc) is 3.31. The third-order valence-corrected chi connectivity index (χ3v) is 6.38. The largest absolute Gasteiger partial charge is 0.347 e. The van der Waals surface area contributed by atoms with Gasteiger partial charge in [-0.05, 0) is 52.4 Å². The zero-order valence-electron chi connectivity index (χ0n) is 16.4. The van der Waals surface area contributed by atoms with E-state index in [2.05, 4.69) is 36.5 Å². The molecule has 2 fully saturated rings. The minimum absolute atomic E-state index is 0.0242. The Morgan fingerprint density at radius 2 is 2.04 bits per heavy atom. The number of carbonyl (C=O) groups excluding carboxylic acids is 1. The van der Waals surface area contributed by atoms with Crippen LogP contribution in [0.3, 0.4) is 0 Å². The Labute approximate surface area is 166 Å². The van der Waals surface area contributed by atoms with Crippen LogP contribution in [0, 0.1) is 0 Å². The molecule has 1 aromatic rings. The lowest BCUT2D eigenvalue weighted by Crippen LogP contribution is -2.47. The van der Waals surface area contributed by atoms with Gasteiger partial charge >= 0.3 is 0 Å². The molecule has 3 rings (SSSR count). The van der Waals surface area contributed by atoms with E-state index in [9.17, 15) is 4.79 Å². The summed E-state index contributed by atoms with van der Waals surface area (Å²) in [4.78, 5) is 17.2. The molecule has 27 heavy (non-hydrogen) atoms. The number of likely N-dealkylation sites (N-methyl/N-ethyl adjacent to an activating group) is 1. The van der Waals surface area contributed by atoms with Crippen molar-refractivity contribution in [1.29, 1.82) is 0 Å². The monoisotopic (exact) mass is 392 g/mol. The maximum Gasteiger partial charge on any atom is 0.237 e. The summed E-state index contributed by atoms with van der Waals surface area (Å²) in [5, 5.41) is 12.6. The molecule has 1 aromatic heterocycles. The summed E-state index contributed by atoms with van der Waals surface area (Å²) in [7, 11) is 2.03. The summed E-state index contributed by atoms with van der Waals surface area (Å²) in [6.45, 7) is 9.43. The highest BCUT2D eigenvalue weighted by molar-refractivity contribution is 7.99. The predicted molar refractivity (Wildman–Crippen MR) is 109 cm³/mol. The first-order chi connectivity index (χ1) is 13.2. The average molecular weight is 393 g/mol. The third kappa shape index (κ3) is 5.56. The van der Waals surface area contributed by atoms with Crippen molar-refractivity contribution < 1.29 is 4.79 Å². The smallest absolute Gasteiger partial charge is 0.237 e.